The lowest BCUT2D eigenvalue weighted by atomic mass is 10.2. The molecule has 0 fully saturated rings. The van der Waals surface area contributed by atoms with Crippen molar-refractivity contribution in [3.8, 4) is 0 Å². The Labute approximate surface area is 84.8 Å². The molecule has 0 saturated heterocycles. The van der Waals surface area contributed by atoms with Crippen molar-refractivity contribution in [2.45, 2.75) is 12.2 Å². The summed E-state index contributed by atoms with van der Waals surface area (Å²) in [5.41, 5.74) is 0.233. The number of aliphatic hydroxyl groups is 2. The fourth-order valence-corrected chi connectivity index (χ4v) is 1.25. The van der Waals surface area contributed by atoms with E-state index in [9.17, 15) is 14.8 Å². The summed E-state index contributed by atoms with van der Waals surface area (Å²) in [6, 6.07) is 0. The summed E-state index contributed by atoms with van der Waals surface area (Å²) >= 11 is 0. The number of nitrogens with zero attached hydrogens (tertiary/aromatic N) is 1. The summed E-state index contributed by atoms with van der Waals surface area (Å²) < 4.78 is 14.3. The van der Waals surface area contributed by atoms with Gasteiger partial charge in [-0.3, -0.25) is 4.52 Å². The number of imidazole rings is 1. The van der Waals surface area contributed by atoms with Crippen molar-refractivity contribution < 1.29 is 29.1 Å². The second-order valence-corrected chi connectivity index (χ2v) is 4.04. The van der Waals surface area contributed by atoms with Gasteiger partial charge in [0, 0.05) is 0 Å². The van der Waals surface area contributed by atoms with Crippen LogP contribution in [-0.4, -0.2) is 42.7 Å². The number of phosphoric ester groups is 1. The van der Waals surface area contributed by atoms with E-state index in [2.05, 4.69) is 14.5 Å². The van der Waals surface area contributed by atoms with Gasteiger partial charge in [-0.05, 0) is 0 Å². The zero-order chi connectivity index (χ0) is 11.5. The van der Waals surface area contributed by atoms with Gasteiger partial charge in [0.25, 0.3) is 0 Å². The Morgan fingerprint density at radius 1 is 1.53 bits per heavy atom. The van der Waals surface area contributed by atoms with Crippen LogP contribution in [0.1, 0.15) is 11.8 Å². The van der Waals surface area contributed by atoms with E-state index in [-0.39, 0.29) is 5.69 Å². The molecule has 1 rings (SSSR count). The molecule has 0 aliphatic carbocycles. The number of rotatable bonds is 5. The van der Waals surface area contributed by atoms with Crippen LogP contribution in [0.5, 0.6) is 0 Å². The molecule has 1 heterocycles. The van der Waals surface area contributed by atoms with Gasteiger partial charge in [-0.15, -0.1) is 0 Å². The first-order chi connectivity index (χ1) is 6.90. The highest BCUT2D eigenvalue weighted by Gasteiger charge is 2.23. The van der Waals surface area contributed by atoms with Crippen LogP contribution < -0.4 is 0 Å². The van der Waals surface area contributed by atoms with Crippen LogP contribution in [0.15, 0.2) is 12.5 Å². The van der Waals surface area contributed by atoms with Crippen molar-refractivity contribution in [3.05, 3.63) is 18.2 Å². The van der Waals surface area contributed by atoms with Gasteiger partial charge in [0.05, 0.1) is 24.8 Å². The quantitative estimate of drug-likeness (QED) is 0.411. The maximum absolute atomic E-state index is 10.3. The molecule has 0 saturated carbocycles. The van der Waals surface area contributed by atoms with Crippen LogP contribution >= 0.6 is 7.82 Å². The first-order valence-electron chi connectivity index (χ1n) is 3.94. The van der Waals surface area contributed by atoms with Crippen LogP contribution in [-0.2, 0) is 9.09 Å². The van der Waals surface area contributed by atoms with Gasteiger partial charge >= 0.3 is 7.82 Å². The van der Waals surface area contributed by atoms with E-state index in [1.807, 2.05) is 0 Å². The third-order valence-electron chi connectivity index (χ3n) is 1.62. The normalized spacial score (nSPS) is 16.3. The Balaban J connectivity index is 2.47. The van der Waals surface area contributed by atoms with E-state index in [1.54, 1.807) is 0 Å². The Bertz CT molecular complexity index is 335. The summed E-state index contributed by atoms with van der Waals surface area (Å²) in [6.45, 7) is -0.676. The molecule has 9 heteroatoms. The zero-order valence-electron chi connectivity index (χ0n) is 7.52. The van der Waals surface area contributed by atoms with Crippen molar-refractivity contribution in [3.63, 3.8) is 0 Å². The Morgan fingerprint density at radius 2 is 2.20 bits per heavy atom. The second kappa shape index (κ2) is 4.84. The number of hydrogen-bond donors (Lipinski definition) is 5. The highest BCUT2D eigenvalue weighted by molar-refractivity contribution is 7.46. The number of hydrogen-bond acceptors (Lipinski definition) is 5. The van der Waals surface area contributed by atoms with Gasteiger partial charge in [-0.1, -0.05) is 0 Å². The minimum Gasteiger partial charge on any atom is -0.388 e. The zero-order valence-corrected chi connectivity index (χ0v) is 8.41. The van der Waals surface area contributed by atoms with Gasteiger partial charge in [0.1, 0.15) is 12.2 Å². The summed E-state index contributed by atoms with van der Waals surface area (Å²) in [7, 11) is -4.63. The number of aromatic amines is 1. The van der Waals surface area contributed by atoms with E-state index in [0.717, 1.165) is 0 Å². The first kappa shape index (κ1) is 12.3. The molecule has 86 valence electrons. The number of phosphoric acid groups is 1. The minimum atomic E-state index is -4.63. The van der Waals surface area contributed by atoms with Crippen LogP contribution in [0.2, 0.25) is 0 Å². The van der Waals surface area contributed by atoms with E-state index in [4.69, 9.17) is 9.79 Å². The second-order valence-electron chi connectivity index (χ2n) is 2.81. The molecule has 1 aromatic rings. The van der Waals surface area contributed by atoms with Crippen molar-refractivity contribution in [2.24, 2.45) is 0 Å². The third-order valence-corrected chi connectivity index (χ3v) is 2.10. The Kier molecular flexibility index (Phi) is 3.97. The molecule has 0 aliphatic rings. The van der Waals surface area contributed by atoms with Crippen molar-refractivity contribution >= 4 is 7.82 Å². The molecular formula is C6H11N2O6P. The topological polar surface area (TPSA) is 136 Å². The Hall–Kier alpha value is -0.760. The standard InChI is InChI=1S/C6H11N2O6P/c9-5(2-14-15(11,12)13)6(10)4-1-7-3-8-4/h1,3,5-6,9-10H,2H2,(H,7,8)(H2,11,12,13)/t5-,6+/m1/s1. The highest BCUT2D eigenvalue weighted by Crippen LogP contribution is 2.36. The van der Waals surface area contributed by atoms with Crippen LogP contribution in [0.4, 0.5) is 0 Å². The fourth-order valence-electron chi connectivity index (χ4n) is 0.900. The molecule has 0 aromatic carbocycles. The summed E-state index contributed by atoms with van der Waals surface area (Å²) in [5.74, 6) is 0. The fraction of sp³-hybridized carbons (Fsp3) is 0.500. The largest absolute Gasteiger partial charge is 0.469 e. The highest BCUT2D eigenvalue weighted by atomic mass is 31.2. The molecule has 0 aliphatic heterocycles. The monoisotopic (exact) mass is 238 g/mol. The lowest BCUT2D eigenvalue weighted by molar-refractivity contribution is -0.0168. The van der Waals surface area contributed by atoms with Gasteiger partial charge in [0.15, 0.2) is 0 Å². The Morgan fingerprint density at radius 3 is 2.67 bits per heavy atom. The minimum absolute atomic E-state index is 0.233. The summed E-state index contributed by atoms with van der Waals surface area (Å²) in [5, 5.41) is 18.7. The third kappa shape index (κ3) is 4.08. The van der Waals surface area contributed by atoms with Crippen molar-refractivity contribution in [2.75, 3.05) is 6.61 Å². The molecule has 1 aromatic heterocycles. The smallest absolute Gasteiger partial charge is 0.388 e. The maximum atomic E-state index is 10.3. The maximum Gasteiger partial charge on any atom is 0.469 e. The lowest BCUT2D eigenvalue weighted by Gasteiger charge is -2.16. The van der Waals surface area contributed by atoms with Gasteiger partial charge in [-0.2, -0.15) is 0 Å². The van der Waals surface area contributed by atoms with Crippen LogP contribution in [0, 0.1) is 0 Å². The molecule has 0 unspecified atom stereocenters. The van der Waals surface area contributed by atoms with Crippen molar-refractivity contribution in [1.82, 2.24) is 9.97 Å². The molecule has 2 atom stereocenters. The van der Waals surface area contributed by atoms with E-state index in [0.29, 0.717) is 0 Å². The number of H-pyrrole nitrogens is 1. The van der Waals surface area contributed by atoms with Gasteiger partial charge in [-0.25, -0.2) is 9.55 Å². The molecule has 5 N–H and O–H groups in total. The molecule has 0 bridgehead atoms. The van der Waals surface area contributed by atoms with Gasteiger partial charge in [0.2, 0.25) is 0 Å². The molecule has 0 amide bonds. The average Bonchev–Trinajstić information content (AvgIpc) is 2.64. The van der Waals surface area contributed by atoms with Gasteiger partial charge < -0.3 is 25.0 Å². The predicted molar refractivity (Wildman–Crippen MR) is 47.6 cm³/mol. The molecule has 0 spiro atoms. The van der Waals surface area contributed by atoms with E-state index >= 15 is 0 Å². The summed E-state index contributed by atoms with van der Waals surface area (Å²) in [6.07, 6.45) is -0.197. The molecule has 8 nitrogen and oxygen atoms in total. The van der Waals surface area contributed by atoms with Crippen molar-refractivity contribution in [1.29, 1.82) is 0 Å². The van der Waals surface area contributed by atoms with E-state index in [1.165, 1.54) is 12.5 Å². The first-order valence-corrected chi connectivity index (χ1v) is 5.47. The van der Waals surface area contributed by atoms with Crippen LogP contribution in [0.25, 0.3) is 0 Å². The number of aliphatic hydroxyl groups excluding tert-OH is 2. The van der Waals surface area contributed by atoms with Crippen LogP contribution in [0.3, 0.4) is 0 Å². The molecule has 0 radical (unpaired) electrons. The van der Waals surface area contributed by atoms with E-state index < -0.39 is 26.6 Å². The number of aromatic nitrogens is 2. The average molecular weight is 238 g/mol. The SMILES string of the molecule is O=P(O)(O)OC[C@@H](O)[C@@H](O)c1cnc[nH]1. The number of nitrogens with one attached hydrogen (secondary N) is 1. The summed E-state index contributed by atoms with van der Waals surface area (Å²) in [4.78, 5) is 22.9. The molecule has 15 heavy (non-hydrogen) atoms. The lowest BCUT2D eigenvalue weighted by Crippen LogP contribution is -2.23. The molecular weight excluding hydrogens is 227 g/mol. The predicted octanol–water partition coefficient (Wildman–Crippen LogP) is -1.09.